The van der Waals surface area contributed by atoms with E-state index in [4.69, 9.17) is 4.74 Å². The van der Waals surface area contributed by atoms with Gasteiger partial charge >= 0.3 is 5.97 Å². The van der Waals surface area contributed by atoms with Crippen molar-refractivity contribution in [3.63, 3.8) is 0 Å². The molecule has 1 saturated heterocycles. The maximum absolute atomic E-state index is 11.9. The third-order valence-electron chi connectivity index (χ3n) is 4.41. The standard InChI is InChI=1S/C16H23N3O4/c17-12-16(7-3-4-8-16)18-13(20)11-23-15(22)10-19-9-5-1-2-6-14(19)21/h1-11H2,(H,18,20). The number of nitrogens with one attached hydrogen (secondary N) is 1. The van der Waals surface area contributed by atoms with Crippen LogP contribution in [-0.2, 0) is 19.1 Å². The minimum Gasteiger partial charge on any atom is -0.454 e. The molecule has 0 unspecified atom stereocenters. The van der Waals surface area contributed by atoms with E-state index in [1.807, 2.05) is 0 Å². The third-order valence-corrected chi connectivity index (χ3v) is 4.41. The Morgan fingerprint density at radius 3 is 2.65 bits per heavy atom. The summed E-state index contributed by atoms with van der Waals surface area (Å²) in [6.45, 7) is 0.0253. The predicted molar refractivity (Wildman–Crippen MR) is 81.0 cm³/mol. The Bertz CT molecular complexity index is 506. The van der Waals surface area contributed by atoms with Gasteiger partial charge in [0.25, 0.3) is 5.91 Å². The Balaban J connectivity index is 1.74. The van der Waals surface area contributed by atoms with Crippen molar-refractivity contribution in [1.29, 1.82) is 5.26 Å². The summed E-state index contributed by atoms with van der Waals surface area (Å²) in [7, 11) is 0. The lowest BCUT2D eigenvalue weighted by Gasteiger charge is -2.22. The van der Waals surface area contributed by atoms with Crippen LogP contribution >= 0.6 is 0 Å². The zero-order valence-corrected chi connectivity index (χ0v) is 13.3. The molecule has 0 atom stereocenters. The lowest BCUT2D eigenvalue weighted by molar-refractivity contribution is -0.152. The van der Waals surface area contributed by atoms with Crippen LogP contribution in [0.4, 0.5) is 0 Å². The molecular formula is C16H23N3O4. The van der Waals surface area contributed by atoms with Crippen LogP contribution in [0.3, 0.4) is 0 Å². The third kappa shape index (κ3) is 4.95. The molecule has 2 fully saturated rings. The molecule has 0 aromatic carbocycles. The summed E-state index contributed by atoms with van der Waals surface area (Å²) in [5.74, 6) is -1.10. The minimum absolute atomic E-state index is 0.0432. The van der Waals surface area contributed by atoms with E-state index in [-0.39, 0.29) is 12.5 Å². The van der Waals surface area contributed by atoms with Crippen molar-refractivity contribution < 1.29 is 19.1 Å². The van der Waals surface area contributed by atoms with Crippen LogP contribution in [0.2, 0.25) is 0 Å². The quantitative estimate of drug-likeness (QED) is 0.758. The summed E-state index contributed by atoms with van der Waals surface area (Å²) in [6, 6.07) is 2.15. The largest absolute Gasteiger partial charge is 0.454 e. The van der Waals surface area contributed by atoms with Gasteiger partial charge in [0.05, 0.1) is 6.07 Å². The van der Waals surface area contributed by atoms with E-state index < -0.39 is 24.0 Å². The molecule has 2 amide bonds. The van der Waals surface area contributed by atoms with Gasteiger partial charge in [0.15, 0.2) is 6.61 Å². The number of rotatable bonds is 5. The van der Waals surface area contributed by atoms with Gasteiger partial charge in [-0.2, -0.15) is 5.26 Å². The molecule has 126 valence electrons. The Hall–Kier alpha value is -2.10. The number of carbonyl (C=O) groups is 3. The lowest BCUT2D eigenvalue weighted by Crippen LogP contribution is -2.47. The average Bonchev–Trinajstić information content (AvgIpc) is 2.91. The van der Waals surface area contributed by atoms with Gasteiger partial charge < -0.3 is 15.0 Å². The van der Waals surface area contributed by atoms with E-state index in [1.165, 1.54) is 4.90 Å². The molecule has 2 aliphatic rings. The van der Waals surface area contributed by atoms with Crippen molar-refractivity contribution in [2.24, 2.45) is 0 Å². The van der Waals surface area contributed by atoms with E-state index >= 15 is 0 Å². The number of hydrogen-bond donors (Lipinski definition) is 1. The van der Waals surface area contributed by atoms with Crippen molar-refractivity contribution in [2.75, 3.05) is 19.7 Å². The molecule has 0 aromatic rings. The molecule has 1 heterocycles. The normalized spacial score (nSPS) is 20.5. The van der Waals surface area contributed by atoms with Gasteiger partial charge in [-0.3, -0.25) is 14.4 Å². The van der Waals surface area contributed by atoms with Gasteiger partial charge in [-0.1, -0.05) is 6.42 Å². The fourth-order valence-corrected chi connectivity index (χ4v) is 3.10. The highest BCUT2D eigenvalue weighted by atomic mass is 16.5. The maximum atomic E-state index is 11.9. The molecule has 23 heavy (non-hydrogen) atoms. The van der Waals surface area contributed by atoms with Crippen LogP contribution in [0.25, 0.3) is 0 Å². The van der Waals surface area contributed by atoms with Gasteiger partial charge in [0, 0.05) is 13.0 Å². The SMILES string of the molecule is N#CC1(NC(=O)COC(=O)CN2CCCCCC2=O)CCCC1. The van der Waals surface area contributed by atoms with E-state index in [2.05, 4.69) is 11.4 Å². The number of hydrogen-bond acceptors (Lipinski definition) is 5. The molecule has 1 aliphatic heterocycles. The van der Waals surface area contributed by atoms with Crippen LogP contribution < -0.4 is 5.32 Å². The molecule has 1 aliphatic carbocycles. The second-order valence-electron chi connectivity index (χ2n) is 6.24. The highest BCUT2D eigenvalue weighted by molar-refractivity contribution is 5.84. The maximum Gasteiger partial charge on any atom is 0.326 e. The molecule has 0 radical (unpaired) electrons. The van der Waals surface area contributed by atoms with Crippen molar-refractivity contribution >= 4 is 17.8 Å². The number of likely N-dealkylation sites (tertiary alicyclic amines) is 1. The first-order valence-electron chi connectivity index (χ1n) is 8.20. The first kappa shape index (κ1) is 17.3. The minimum atomic E-state index is -0.815. The van der Waals surface area contributed by atoms with Gasteiger partial charge in [-0.25, -0.2) is 0 Å². The van der Waals surface area contributed by atoms with Crippen molar-refractivity contribution in [3.05, 3.63) is 0 Å². The molecule has 0 bridgehead atoms. The average molecular weight is 321 g/mol. The van der Waals surface area contributed by atoms with Crippen LogP contribution in [-0.4, -0.2) is 47.9 Å². The Labute approximate surface area is 136 Å². The smallest absolute Gasteiger partial charge is 0.326 e. The molecule has 2 rings (SSSR count). The van der Waals surface area contributed by atoms with E-state index in [1.54, 1.807) is 0 Å². The first-order chi connectivity index (χ1) is 11.0. The summed E-state index contributed by atoms with van der Waals surface area (Å²) in [6.07, 6.45) is 6.24. The highest BCUT2D eigenvalue weighted by Crippen LogP contribution is 2.28. The Morgan fingerprint density at radius 1 is 1.22 bits per heavy atom. The second kappa shape index (κ2) is 7.95. The zero-order chi connectivity index (χ0) is 16.7. The molecule has 0 spiro atoms. The summed E-state index contributed by atoms with van der Waals surface area (Å²) < 4.78 is 4.94. The topological polar surface area (TPSA) is 99.5 Å². The summed E-state index contributed by atoms with van der Waals surface area (Å²) >= 11 is 0. The number of nitrogens with zero attached hydrogens (tertiary/aromatic N) is 2. The molecule has 7 nitrogen and oxygen atoms in total. The van der Waals surface area contributed by atoms with E-state index in [9.17, 15) is 19.6 Å². The van der Waals surface area contributed by atoms with Crippen LogP contribution in [0.5, 0.6) is 0 Å². The zero-order valence-electron chi connectivity index (χ0n) is 13.3. The molecule has 7 heteroatoms. The number of carbonyl (C=O) groups excluding carboxylic acids is 3. The predicted octanol–water partition coefficient (Wildman–Crippen LogP) is 0.885. The van der Waals surface area contributed by atoms with Crippen molar-refractivity contribution in [1.82, 2.24) is 10.2 Å². The molecular weight excluding hydrogens is 298 g/mol. The number of esters is 1. The molecule has 1 N–H and O–H groups in total. The fraction of sp³-hybridized carbons (Fsp3) is 0.750. The number of nitriles is 1. The summed E-state index contributed by atoms with van der Waals surface area (Å²) in [4.78, 5) is 36.9. The second-order valence-corrected chi connectivity index (χ2v) is 6.24. The van der Waals surface area contributed by atoms with Gasteiger partial charge in [0.2, 0.25) is 5.91 Å². The molecule has 0 aromatic heterocycles. The van der Waals surface area contributed by atoms with Crippen LogP contribution in [0.1, 0.15) is 51.4 Å². The van der Waals surface area contributed by atoms with Crippen LogP contribution in [0.15, 0.2) is 0 Å². The summed E-state index contributed by atoms with van der Waals surface area (Å²) in [5, 5.41) is 11.9. The summed E-state index contributed by atoms with van der Waals surface area (Å²) in [5.41, 5.74) is -0.815. The van der Waals surface area contributed by atoms with Crippen molar-refractivity contribution in [3.8, 4) is 6.07 Å². The Morgan fingerprint density at radius 2 is 1.96 bits per heavy atom. The Kier molecular flexibility index (Phi) is 5.97. The first-order valence-corrected chi connectivity index (χ1v) is 8.20. The highest BCUT2D eigenvalue weighted by Gasteiger charge is 2.35. The monoisotopic (exact) mass is 321 g/mol. The van der Waals surface area contributed by atoms with Gasteiger partial charge in [-0.05, 0) is 38.5 Å². The number of ether oxygens (including phenoxy) is 1. The fourth-order valence-electron chi connectivity index (χ4n) is 3.10. The van der Waals surface area contributed by atoms with E-state index in [0.717, 1.165) is 32.1 Å². The lowest BCUT2D eigenvalue weighted by atomic mass is 10.00. The van der Waals surface area contributed by atoms with Gasteiger partial charge in [-0.15, -0.1) is 0 Å². The van der Waals surface area contributed by atoms with Crippen LogP contribution in [0, 0.1) is 11.3 Å². The van der Waals surface area contributed by atoms with Crippen molar-refractivity contribution in [2.45, 2.75) is 56.9 Å². The van der Waals surface area contributed by atoms with E-state index in [0.29, 0.717) is 25.8 Å². The molecule has 1 saturated carbocycles. The number of amides is 2. The van der Waals surface area contributed by atoms with Gasteiger partial charge in [0.1, 0.15) is 12.1 Å².